The minimum Gasteiger partial charge on any atom is -0.327 e. The van der Waals surface area contributed by atoms with Crippen molar-refractivity contribution in [3.8, 4) is 0 Å². The van der Waals surface area contributed by atoms with Crippen LogP contribution < -0.4 is 0 Å². The van der Waals surface area contributed by atoms with Gasteiger partial charge in [0.2, 0.25) is 0 Å². The number of imidazole rings is 1. The van der Waals surface area contributed by atoms with Gasteiger partial charge in [0.15, 0.2) is 0 Å². The molecule has 1 unspecified atom stereocenters. The van der Waals surface area contributed by atoms with Crippen molar-refractivity contribution < 1.29 is 0 Å². The lowest BCUT2D eigenvalue weighted by Crippen LogP contribution is -2.04. The van der Waals surface area contributed by atoms with E-state index in [0.717, 1.165) is 29.8 Å². The molecule has 1 heterocycles. The molecule has 1 aromatic heterocycles. The third-order valence-corrected chi connectivity index (χ3v) is 3.85. The molecule has 0 bridgehead atoms. The molecule has 19 heavy (non-hydrogen) atoms. The number of aryl methyl sites for hydroxylation is 1. The molecule has 0 aliphatic carbocycles. The van der Waals surface area contributed by atoms with Crippen molar-refractivity contribution in [1.82, 2.24) is 9.55 Å². The fourth-order valence-corrected chi connectivity index (χ4v) is 2.74. The summed E-state index contributed by atoms with van der Waals surface area (Å²) in [4.78, 5) is 4.61. The molecule has 104 valence electrons. The molecule has 0 saturated heterocycles. The summed E-state index contributed by atoms with van der Waals surface area (Å²) in [6.07, 6.45) is 4.92. The molecule has 0 aliphatic heterocycles. The van der Waals surface area contributed by atoms with E-state index >= 15 is 0 Å². The third kappa shape index (κ3) is 3.24. The van der Waals surface area contributed by atoms with Gasteiger partial charge in [-0.05, 0) is 25.5 Å². The van der Waals surface area contributed by atoms with Gasteiger partial charge in [0.1, 0.15) is 11.3 Å². The number of para-hydroxylation sites is 1. The Hall–Kier alpha value is -0.730. The van der Waals surface area contributed by atoms with Gasteiger partial charge in [0.05, 0.1) is 15.9 Å². The highest BCUT2D eigenvalue weighted by Crippen LogP contribution is 2.29. The number of fused-ring (bicyclic) bond motifs is 1. The van der Waals surface area contributed by atoms with Crippen molar-refractivity contribution in [1.29, 1.82) is 0 Å². The Morgan fingerprint density at radius 1 is 1.26 bits per heavy atom. The van der Waals surface area contributed by atoms with Crippen LogP contribution in [0, 0.1) is 0 Å². The van der Waals surface area contributed by atoms with Crippen LogP contribution >= 0.6 is 23.2 Å². The SMILES string of the molecule is CCCCCCn1c(C(C)Cl)nc2c(Cl)cccc21. The highest BCUT2D eigenvalue weighted by Gasteiger charge is 2.15. The van der Waals surface area contributed by atoms with E-state index in [9.17, 15) is 0 Å². The summed E-state index contributed by atoms with van der Waals surface area (Å²) in [7, 11) is 0. The highest BCUT2D eigenvalue weighted by atomic mass is 35.5. The van der Waals surface area contributed by atoms with E-state index in [1.54, 1.807) is 0 Å². The van der Waals surface area contributed by atoms with E-state index in [0.29, 0.717) is 5.02 Å². The van der Waals surface area contributed by atoms with Gasteiger partial charge in [-0.1, -0.05) is 43.9 Å². The molecule has 0 radical (unpaired) electrons. The van der Waals surface area contributed by atoms with Crippen molar-refractivity contribution >= 4 is 34.2 Å². The van der Waals surface area contributed by atoms with Crippen molar-refractivity contribution in [3.05, 3.63) is 29.0 Å². The summed E-state index contributed by atoms with van der Waals surface area (Å²) in [6, 6.07) is 5.91. The zero-order valence-corrected chi connectivity index (χ0v) is 13.0. The molecule has 0 spiro atoms. The zero-order valence-electron chi connectivity index (χ0n) is 11.5. The van der Waals surface area contributed by atoms with Crippen molar-refractivity contribution in [3.63, 3.8) is 0 Å². The maximum absolute atomic E-state index is 6.25. The number of nitrogens with zero attached hydrogens (tertiary/aromatic N) is 2. The minimum atomic E-state index is -0.102. The summed E-state index contributed by atoms with van der Waals surface area (Å²) in [5.74, 6) is 0.918. The van der Waals surface area contributed by atoms with Crippen molar-refractivity contribution in [2.75, 3.05) is 0 Å². The number of rotatable bonds is 6. The third-order valence-electron chi connectivity index (χ3n) is 3.35. The monoisotopic (exact) mass is 298 g/mol. The Morgan fingerprint density at radius 2 is 2.05 bits per heavy atom. The quantitative estimate of drug-likeness (QED) is 0.503. The predicted molar refractivity (Wildman–Crippen MR) is 83.2 cm³/mol. The minimum absolute atomic E-state index is 0.102. The maximum atomic E-state index is 6.25. The fraction of sp³-hybridized carbons (Fsp3) is 0.533. The Bertz CT molecular complexity index is 546. The summed E-state index contributed by atoms with van der Waals surface area (Å²) in [5, 5.41) is 0.595. The molecular weight excluding hydrogens is 279 g/mol. The molecule has 0 amide bonds. The molecular formula is C15H20Cl2N2. The average molecular weight is 299 g/mol. The standard InChI is InChI=1S/C15H20Cl2N2/c1-3-4-5-6-10-19-13-9-7-8-12(17)14(13)18-15(19)11(2)16/h7-9,11H,3-6,10H2,1-2H3. The van der Waals surface area contributed by atoms with Crippen LogP contribution in [-0.2, 0) is 6.54 Å². The maximum Gasteiger partial charge on any atom is 0.127 e. The smallest absolute Gasteiger partial charge is 0.127 e. The predicted octanol–water partition coefficient (Wildman–Crippen LogP) is 5.57. The molecule has 2 aromatic rings. The first kappa shape index (κ1) is 14.7. The van der Waals surface area contributed by atoms with E-state index in [4.69, 9.17) is 23.2 Å². The van der Waals surface area contributed by atoms with Gasteiger partial charge < -0.3 is 4.57 Å². The van der Waals surface area contributed by atoms with Crippen LogP contribution in [-0.4, -0.2) is 9.55 Å². The Morgan fingerprint density at radius 3 is 2.74 bits per heavy atom. The molecule has 4 heteroatoms. The number of hydrogen-bond acceptors (Lipinski definition) is 1. The Kier molecular flexibility index (Phi) is 5.12. The lowest BCUT2D eigenvalue weighted by atomic mass is 10.2. The summed E-state index contributed by atoms with van der Waals surface area (Å²) in [5.41, 5.74) is 1.95. The van der Waals surface area contributed by atoms with Gasteiger partial charge >= 0.3 is 0 Å². The molecule has 1 atom stereocenters. The zero-order chi connectivity index (χ0) is 13.8. The fourth-order valence-electron chi connectivity index (χ4n) is 2.37. The van der Waals surface area contributed by atoms with Crippen LogP contribution in [0.5, 0.6) is 0 Å². The normalized spacial score (nSPS) is 13.1. The Labute approximate surface area is 124 Å². The molecule has 0 aliphatic rings. The van der Waals surface area contributed by atoms with Crippen LogP contribution in [0.4, 0.5) is 0 Å². The van der Waals surface area contributed by atoms with Crippen molar-refractivity contribution in [2.24, 2.45) is 0 Å². The van der Waals surface area contributed by atoms with E-state index < -0.39 is 0 Å². The second-order valence-electron chi connectivity index (χ2n) is 4.91. The summed E-state index contributed by atoms with van der Waals surface area (Å²) in [6.45, 7) is 5.14. The first-order chi connectivity index (χ1) is 9.15. The van der Waals surface area contributed by atoms with E-state index in [1.165, 1.54) is 19.3 Å². The second-order valence-corrected chi connectivity index (χ2v) is 5.97. The van der Waals surface area contributed by atoms with Crippen LogP contribution in [0.15, 0.2) is 18.2 Å². The molecule has 2 rings (SSSR count). The van der Waals surface area contributed by atoms with Crippen LogP contribution in [0.2, 0.25) is 5.02 Å². The van der Waals surface area contributed by atoms with Gasteiger partial charge in [-0.15, -0.1) is 11.6 Å². The van der Waals surface area contributed by atoms with Gasteiger partial charge in [-0.2, -0.15) is 0 Å². The highest BCUT2D eigenvalue weighted by molar-refractivity contribution is 6.35. The number of hydrogen-bond donors (Lipinski definition) is 0. The molecule has 0 N–H and O–H groups in total. The lowest BCUT2D eigenvalue weighted by Gasteiger charge is -2.10. The summed E-state index contributed by atoms with van der Waals surface area (Å²) < 4.78 is 2.22. The van der Waals surface area contributed by atoms with E-state index in [-0.39, 0.29) is 5.38 Å². The van der Waals surface area contributed by atoms with Crippen LogP contribution in [0.1, 0.15) is 50.7 Å². The van der Waals surface area contributed by atoms with Gasteiger partial charge in [-0.25, -0.2) is 4.98 Å². The average Bonchev–Trinajstić information content (AvgIpc) is 2.75. The Balaban J connectivity index is 2.33. The first-order valence-electron chi connectivity index (χ1n) is 6.94. The van der Waals surface area contributed by atoms with Gasteiger partial charge in [0, 0.05) is 6.54 Å². The number of alkyl halides is 1. The molecule has 2 nitrogen and oxygen atoms in total. The molecule has 0 saturated carbocycles. The van der Waals surface area contributed by atoms with Crippen molar-refractivity contribution in [2.45, 2.75) is 51.5 Å². The second kappa shape index (κ2) is 6.62. The van der Waals surface area contributed by atoms with Gasteiger partial charge in [-0.3, -0.25) is 0 Å². The number of halogens is 2. The largest absolute Gasteiger partial charge is 0.327 e. The van der Waals surface area contributed by atoms with Crippen LogP contribution in [0.25, 0.3) is 11.0 Å². The topological polar surface area (TPSA) is 17.8 Å². The number of benzene rings is 1. The molecule has 0 fully saturated rings. The van der Waals surface area contributed by atoms with E-state index in [1.807, 2.05) is 19.1 Å². The number of unbranched alkanes of at least 4 members (excludes halogenated alkanes) is 3. The lowest BCUT2D eigenvalue weighted by molar-refractivity contribution is 0.574. The van der Waals surface area contributed by atoms with E-state index in [2.05, 4.69) is 22.5 Å². The number of aromatic nitrogens is 2. The summed E-state index contributed by atoms with van der Waals surface area (Å²) >= 11 is 12.5. The van der Waals surface area contributed by atoms with Crippen LogP contribution in [0.3, 0.4) is 0 Å². The molecule has 1 aromatic carbocycles. The van der Waals surface area contributed by atoms with Gasteiger partial charge in [0.25, 0.3) is 0 Å². The first-order valence-corrected chi connectivity index (χ1v) is 7.75.